The molecule has 82 valence electrons. The normalized spacial score (nSPS) is 12.3. The topological polar surface area (TPSA) is 67.1 Å². The zero-order valence-electron chi connectivity index (χ0n) is 8.05. The fraction of sp³-hybridized carbons (Fsp3) is 0.222. The molecule has 0 heterocycles. The van der Waals surface area contributed by atoms with Crippen molar-refractivity contribution in [2.24, 2.45) is 5.73 Å². The second-order valence-corrected chi connectivity index (χ2v) is 3.32. The minimum absolute atomic E-state index is 0.0650. The zero-order chi connectivity index (χ0) is 11.4. The van der Waals surface area contributed by atoms with Crippen LogP contribution in [0.2, 0.25) is 5.02 Å². The Hall–Kier alpha value is -1.17. The average molecular weight is 232 g/mol. The molecule has 1 aromatic carbocycles. The van der Waals surface area contributed by atoms with E-state index in [2.05, 4.69) is 10.9 Å². The number of hydrogen-bond donors (Lipinski definition) is 3. The van der Waals surface area contributed by atoms with Gasteiger partial charge in [-0.05, 0) is 18.2 Å². The van der Waals surface area contributed by atoms with E-state index >= 15 is 0 Å². The van der Waals surface area contributed by atoms with Crippen molar-refractivity contribution in [3.05, 3.63) is 34.6 Å². The first kappa shape index (κ1) is 11.9. The second kappa shape index (κ2) is 5.06. The maximum Gasteiger partial charge on any atom is 0.255 e. The summed E-state index contributed by atoms with van der Waals surface area (Å²) in [5.74, 6) is -1.09. The van der Waals surface area contributed by atoms with Crippen LogP contribution in [0.15, 0.2) is 18.2 Å². The van der Waals surface area contributed by atoms with Crippen LogP contribution < -0.4 is 16.6 Å². The summed E-state index contributed by atoms with van der Waals surface area (Å²) in [5, 5.41) is 0.333. The van der Waals surface area contributed by atoms with Gasteiger partial charge in [-0.2, -0.15) is 0 Å². The second-order valence-electron chi connectivity index (χ2n) is 2.88. The third-order valence-electron chi connectivity index (χ3n) is 1.82. The van der Waals surface area contributed by atoms with E-state index < -0.39 is 17.8 Å². The number of hydrazine groups is 1. The summed E-state index contributed by atoms with van der Waals surface area (Å²) < 4.78 is 13.3. The molecule has 0 radical (unpaired) electrons. The number of rotatable bonds is 3. The minimum atomic E-state index is -1.09. The molecular formula is C9H11ClFN3O. The fourth-order valence-electron chi connectivity index (χ4n) is 1.10. The lowest BCUT2D eigenvalue weighted by Crippen LogP contribution is -2.41. The Morgan fingerprint density at radius 1 is 1.60 bits per heavy atom. The molecule has 0 aliphatic heterocycles. The number of nitrogens with one attached hydrogen (secondary N) is 2. The highest BCUT2D eigenvalue weighted by molar-refractivity contribution is 6.30. The zero-order valence-corrected chi connectivity index (χ0v) is 8.81. The van der Waals surface area contributed by atoms with E-state index in [9.17, 15) is 9.18 Å². The van der Waals surface area contributed by atoms with Crippen LogP contribution in [0.5, 0.6) is 0 Å². The molecule has 0 aromatic heterocycles. The van der Waals surface area contributed by atoms with Crippen molar-refractivity contribution < 1.29 is 9.18 Å². The van der Waals surface area contributed by atoms with Gasteiger partial charge >= 0.3 is 0 Å². The molecule has 1 aromatic rings. The number of carbonyl (C=O) groups excluding carboxylic acids is 1. The number of carbonyl (C=O) groups is 1. The molecule has 15 heavy (non-hydrogen) atoms. The van der Waals surface area contributed by atoms with Crippen molar-refractivity contribution in [2.45, 2.75) is 6.04 Å². The summed E-state index contributed by atoms with van der Waals surface area (Å²) in [5.41, 5.74) is 10.3. The van der Waals surface area contributed by atoms with Crippen LogP contribution in [0.4, 0.5) is 4.39 Å². The molecule has 0 spiro atoms. The van der Waals surface area contributed by atoms with Gasteiger partial charge in [-0.3, -0.25) is 10.2 Å². The van der Waals surface area contributed by atoms with E-state index in [-0.39, 0.29) is 5.56 Å². The molecule has 0 fully saturated rings. The van der Waals surface area contributed by atoms with Crippen molar-refractivity contribution in [3.8, 4) is 0 Å². The molecule has 1 atom stereocenters. The lowest BCUT2D eigenvalue weighted by atomic mass is 10.1. The predicted octanol–water partition coefficient (Wildman–Crippen LogP) is 0.730. The van der Waals surface area contributed by atoms with Gasteiger partial charge in [-0.25, -0.2) is 9.82 Å². The highest BCUT2D eigenvalue weighted by Crippen LogP contribution is 2.19. The summed E-state index contributed by atoms with van der Waals surface area (Å²) in [6.07, 6.45) is 0. The molecule has 6 heteroatoms. The Bertz CT molecular complexity index is 372. The third kappa shape index (κ3) is 2.89. The van der Waals surface area contributed by atoms with Crippen molar-refractivity contribution in [1.29, 1.82) is 0 Å². The van der Waals surface area contributed by atoms with Gasteiger partial charge < -0.3 is 5.73 Å². The summed E-state index contributed by atoms with van der Waals surface area (Å²) in [6.45, 7) is 0. The summed E-state index contributed by atoms with van der Waals surface area (Å²) >= 11 is 5.67. The Balaban J connectivity index is 2.94. The number of nitrogens with two attached hydrogens (primary N) is 1. The molecule has 1 unspecified atom stereocenters. The van der Waals surface area contributed by atoms with Gasteiger partial charge in [0, 0.05) is 17.6 Å². The Labute approximate surface area is 91.6 Å². The van der Waals surface area contributed by atoms with E-state index in [0.29, 0.717) is 5.02 Å². The molecule has 0 bridgehead atoms. The standard InChI is InChI=1S/C9H11ClFN3O/c1-13-14-9(15)8(12)6-4-5(10)2-3-7(6)11/h2-4,8,13H,12H2,1H3,(H,14,15). The van der Waals surface area contributed by atoms with Crippen molar-refractivity contribution >= 4 is 17.5 Å². The van der Waals surface area contributed by atoms with Crippen LogP contribution in [-0.2, 0) is 4.79 Å². The van der Waals surface area contributed by atoms with Gasteiger partial charge in [0.2, 0.25) is 0 Å². The van der Waals surface area contributed by atoms with Gasteiger partial charge in [0.05, 0.1) is 0 Å². The smallest absolute Gasteiger partial charge is 0.255 e. The molecule has 0 aliphatic carbocycles. The van der Waals surface area contributed by atoms with Gasteiger partial charge in [-0.1, -0.05) is 11.6 Å². The predicted molar refractivity (Wildman–Crippen MR) is 55.5 cm³/mol. The largest absolute Gasteiger partial charge is 0.316 e. The van der Waals surface area contributed by atoms with Gasteiger partial charge in [0.1, 0.15) is 11.9 Å². The first-order chi connectivity index (χ1) is 7.06. The molecule has 0 aliphatic rings. The summed E-state index contributed by atoms with van der Waals surface area (Å²) in [7, 11) is 1.51. The minimum Gasteiger partial charge on any atom is -0.316 e. The van der Waals surface area contributed by atoms with Crippen LogP contribution in [0.25, 0.3) is 0 Å². The molecule has 1 amide bonds. The SMILES string of the molecule is CNNC(=O)C(N)c1cc(Cl)ccc1F. The third-order valence-corrected chi connectivity index (χ3v) is 2.06. The molecule has 0 saturated heterocycles. The van der Waals surface area contributed by atoms with Crippen molar-refractivity contribution in [3.63, 3.8) is 0 Å². The lowest BCUT2D eigenvalue weighted by molar-refractivity contribution is -0.123. The van der Waals surface area contributed by atoms with E-state index in [1.807, 2.05) is 0 Å². The van der Waals surface area contributed by atoms with E-state index in [4.69, 9.17) is 17.3 Å². The van der Waals surface area contributed by atoms with Gasteiger partial charge in [0.25, 0.3) is 5.91 Å². The molecule has 0 saturated carbocycles. The number of benzene rings is 1. The maximum absolute atomic E-state index is 13.3. The van der Waals surface area contributed by atoms with Crippen LogP contribution in [0.3, 0.4) is 0 Å². The lowest BCUT2D eigenvalue weighted by Gasteiger charge is -2.12. The molecule has 1 rings (SSSR count). The highest BCUT2D eigenvalue weighted by Gasteiger charge is 2.19. The summed E-state index contributed by atoms with van der Waals surface area (Å²) in [6, 6.07) is 2.81. The van der Waals surface area contributed by atoms with E-state index in [1.54, 1.807) is 0 Å². The monoisotopic (exact) mass is 231 g/mol. The van der Waals surface area contributed by atoms with E-state index in [0.717, 1.165) is 0 Å². The van der Waals surface area contributed by atoms with Gasteiger partial charge in [0.15, 0.2) is 0 Å². The molecule has 4 N–H and O–H groups in total. The summed E-state index contributed by atoms with van der Waals surface area (Å²) in [4.78, 5) is 11.3. The van der Waals surface area contributed by atoms with Crippen LogP contribution in [0.1, 0.15) is 11.6 Å². The molecular weight excluding hydrogens is 221 g/mol. The van der Waals surface area contributed by atoms with E-state index in [1.165, 1.54) is 25.2 Å². The number of hydrogen-bond acceptors (Lipinski definition) is 3. The fourth-order valence-corrected chi connectivity index (χ4v) is 1.28. The number of halogens is 2. The Morgan fingerprint density at radius 3 is 2.87 bits per heavy atom. The first-order valence-electron chi connectivity index (χ1n) is 4.23. The molecule has 4 nitrogen and oxygen atoms in total. The van der Waals surface area contributed by atoms with Crippen LogP contribution in [-0.4, -0.2) is 13.0 Å². The number of amides is 1. The Kier molecular flexibility index (Phi) is 4.02. The van der Waals surface area contributed by atoms with Crippen LogP contribution >= 0.6 is 11.6 Å². The maximum atomic E-state index is 13.3. The highest BCUT2D eigenvalue weighted by atomic mass is 35.5. The quantitative estimate of drug-likeness (QED) is 0.672. The average Bonchev–Trinajstić information content (AvgIpc) is 2.21. The Morgan fingerprint density at radius 2 is 2.27 bits per heavy atom. The van der Waals surface area contributed by atoms with Crippen molar-refractivity contribution in [2.75, 3.05) is 7.05 Å². The van der Waals surface area contributed by atoms with Gasteiger partial charge in [-0.15, -0.1) is 0 Å². The van der Waals surface area contributed by atoms with Crippen molar-refractivity contribution in [1.82, 2.24) is 10.9 Å². The van der Waals surface area contributed by atoms with Crippen LogP contribution in [0, 0.1) is 5.82 Å². The first-order valence-corrected chi connectivity index (χ1v) is 4.61.